The number of methoxy groups -OCH3 is 1. The van der Waals surface area contributed by atoms with Crippen molar-refractivity contribution in [3.63, 3.8) is 0 Å². The first-order valence-corrected chi connectivity index (χ1v) is 7.10. The lowest BCUT2D eigenvalue weighted by Crippen LogP contribution is -2.35. The Kier molecular flexibility index (Phi) is 5.66. The Morgan fingerprint density at radius 2 is 2.10 bits per heavy atom. The maximum Gasteiger partial charge on any atom is 0.256 e. The molecule has 0 aliphatic carbocycles. The van der Waals surface area contributed by atoms with Gasteiger partial charge in [0.2, 0.25) is 0 Å². The minimum Gasteiger partial charge on any atom is -0.383 e. The highest BCUT2D eigenvalue weighted by Gasteiger charge is 2.17. The number of pyridine rings is 1. The first-order chi connectivity index (χ1) is 10.3. The average Bonchev–Trinajstić information content (AvgIpc) is 2.54. The predicted molar refractivity (Wildman–Crippen MR) is 83.2 cm³/mol. The monoisotopic (exact) mass is 287 g/mol. The molecular formula is C16H21N3O2. The number of benzene rings is 1. The zero-order chi connectivity index (χ0) is 15.1. The fraction of sp³-hybridized carbons (Fsp3) is 0.375. The van der Waals surface area contributed by atoms with Gasteiger partial charge in [-0.2, -0.15) is 0 Å². The lowest BCUT2D eigenvalue weighted by atomic mass is 10.1. The van der Waals surface area contributed by atoms with Crippen LogP contribution in [0.25, 0.3) is 10.9 Å². The summed E-state index contributed by atoms with van der Waals surface area (Å²) in [7, 11) is 1.63. The first-order valence-electron chi connectivity index (χ1n) is 7.10. The largest absolute Gasteiger partial charge is 0.383 e. The Morgan fingerprint density at radius 3 is 2.86 bits per heavy atom. The normalized spacial score (nSPS) is 10.8. The van der Waals surface area contributed by atoms with Crippen LogP contribution >= 0.6 is 0 Å². The Morgan fingerprint density at radius 1 is 1.29 bits per heavy atom. The number of nitrogens with two attached hydrogens (primary N) is 1. The van der Waals surface area contributed by atoms with Gasteiger partial charge in [0.05, 0.1) is 17.7 Å². The summed E-state index contributed by atoms with van der Waals surface area (Å²) in [5.74, 6) is -0.0233. The number of hydrogen-bond acceptors (Lipinski definition) is 4. The molecular weight excluding hydrogens is 266 g/mol. The van der Waals surface area contributed by atoms with Gasteiger partial charge in [0.25, 0.3) is 5.91 Å². The maximum atomic E-state index is 12.8. The van der Waals surface area contributed by atoms with E-state index in [1.165, 1.54) is 0 Å². The molecule has 1 aromatic heterocycles. The number of fused-ring (bicyclic) bond motifs is 1. The molecule has 0 atom stereocenters. The van der Waals surface area contributed by atoms with Crippen molar-refractivity contribution in [2.24, 2.45) is 5.73 Å². The number of carbonyl (C=O) groups excluding carboxylic acids is 1. The fourth-order valence-corrected chi connectivity index (χ4v) is 2.25. The van der Waals surface area contributed by atoms with E-state index in [1.54, 1.807) is 18.2 Å². The van der Waals surface area contributed by atoms with Crippen LogP contribution in [0, 0.1) is 0 Å². The molecule has 0 spiro atoms. The summed E-state index contributed by atoms with van der Waals surface area (Å²) < 4.78 is 5.09. The molecule has 2 aromatic rings. The molecule has 0 unspecified atom stereocenters. The van der Waals surface area contributed by atoms with Gasteiger partial charge in [0, 0.05) is 31.8 Å². The second-order valence-corrected chi connectivity index (χ2v) is 4.81. The van der Waals surface area contributed by atoms with Crippen molar-refractivity contribution in [1.82, 2.24) is 9.88 Å². The molecule has 0 bridgehead atoms. The number of carbonyl (C=O) groups is 1. The van der Waals surface area contributed by atoms with Crippen LogP contribution in [0.5, 0.6) is 0 Å². The molecule has 2 N–H and O–H groups in total. The molecule has 5 nitrogen and oxygen atoms in total. The summed E-state index contributed by atoms with van der Waals surface area (Å²) >= 11 is 0. The summed E-state index contributed by atoms with van der Waals surface area (Å²) in [6, 6.07) is 9.49. The van der Waals surface area contributed by atoms with Gasteiger partial charge < -0.3 is 15.4 Å². The first kappa shape index (κ1) is 15.4. The minimum absolute atomic E-state index is 0.0233. The predicted octanol–water partition coefficient (Wildman–Crippen LogP) is 1.67. The van der Waals surface area contributed by atoms with Crippen LogP contribution in [0.4, 0.5) is 0 Å². The van der Waals surface area contributed by atoms with Crippen LogP contribution < -0.4 is 5.73 Å². The van der Waals surface area contributed by atoms with Crippen LogP contribution in [-0.4, -0.2) is 49.1 Å². The summed E-state index contributed by atoms with van der Waals surface area (Å²) in [6.07, 6.45) is 2.48. The lowest BCUT2D eigenvalue weighted by Gasteiger charge is -2.22. The van der Waals surface area contributed by atoms with Gasteiger partial charge in [-0.1, -0.05) is 18.2 Å². The fourth-order valence-electron chi connectivity index (χ4n) is 2.25. The summed E-state index contributed by atoms with van der Waals surface area (Å²) in [4.78, 5) is 18.9. The number of nitrogens with zero attached hydrogens (tertiary/aromatic N) is 2. The van der Waals surface area contributed by atoms with Crippen molar-refractivity contribution in [3.05, 3.63) is 42.1 Å². The Hall–Kier alpha value is -1.98. The van der Waals surface area contributed by atoms with E-state index in [-0.39, 0.29) is 5.91 Å². The van der Waals surface area contributed by atoms with E-state index >= 15 is 0 Å². The van der Waals surface area contributed by atoms with E-state index < -0.39 is 0 Å². The van der Waals surface area contributed by atoms with Gasteiger partial charge in [-0.15, -0.1) is 0 Å². The third-order valence-electron chi connectivity index (χ3n) is 3.35. The van der Waals surface area contributed by atoms with E-state index in [4.69, 9.17) is 10.5 Å². The lowest BCUT2D eigenvalue weighted by molar-refractivity contribution is 0.0696. The number of amides is 1. The van der Waals surface area contributed by atoms with Crippen molar-refractivity contribution in [2.45, 2.75) is 6.42 Å². The summed E-state index contributed by atoms with van der Waals surface area (Å²) in [5, 5.41) is 0.967. The molecule has 1 aromatic carbocycles. The van der Waals surface area contributed by atoms with Crippen molar-refractivity contribution < 1.29 is 9.53 Å². The van der Waals surface area contributed by atoms with Crippen LogP contribution in [0.2, 0.25) is 0 Å². The SMILES string of the molecule is COCCN(CCCN)C(=O)c1cccc2cccnc12. The van der Waals surface area contributed by atoms with Crippen molar-refractivity contribution >= 4 is 16.8 Å². The molecule has 0 saturated carbocycles. The zero-order valence-electron chi connectivity index (χ0n) is 12.3. The quantitative estimate of drug-likeness (QED) is 0.841. The zero-order valence-corrected chi connectivity index (χ0v) is 12.3. The van der Waals surface area contributed by atoms with Crippen molar-refractivity contribution in [2.75, 3.05) is 33.4 Å². The Labute approximate surface area is 124 Å². The second-order valence-electron chi connectivity index (χ2n) is 4.81. The molecule has 0 aliphatic rings. The number of rotatable bonds is 7. The number of para-hydroxylation sites is 1. The molecule has 0 radical (unpaired) electrons. The highest BCUT2D eigenvalue weighted by Crippen LogP contribution is 2.17. The summed E-state index contributed by atoms with van der Waals surface area (Å²) in [6.45, 7) is 2.25. The van der Waals surface area contributed by atoms with E-state index in [9.17, 15) is 4.79 Å². The van der Waals surface area contributed by atoms with Gasteiger partial charge in [-0.05, 0) is 25.1 Å². The summed E-state index contributed by atoms with van der Waals surface area (Å²) in [5.41, 5.74) is 6.92. The standard InChI is InChI=1S/C16H21N3O2/c1-21-12-11-19(10-4-8-17)16(20)14-7-2-5-13-6-3-9-18-15(13)14/h2-3,5-7,9H,4,8,10-12,17H2,1H3. The molecule has 0 aliphatic heterocycles. The smallest absolute Gasteiger partial charge is 0.256 e. The van der Waals surface area contributed by atoms with Gasteiger partial charge in [0.15, 0.2) is 0 Å². The third kappa shape index (κ3) is 3.77. The Balaban J connectivity index is 2.29. The van der Waals surface area contributed by atoms with E-state index in [0.717, 1.165) is 17.3 Å². The maximum absolute atomic E-state index is 12.8. The van der Waals surface area contributed by atoms with Crippen LogP contribution in [-0.2, 0) is 4.74 Å². The number of ether oxygens (including phenoxy) is 1. The van der Waals surface area contributed by atoms with Crippen LogP contribution in [0.15, 0.2) is 36.5 Å². The van der Waals surface area contributed by atoms with E-state index in [2.05, 4.69) is 4.98 Å². The highest BCUT2D eigenvalue weighted by molar-refractivity contribution is 6.05. The topological polar surface area (TPSA) is 68.5 Å². The second kappa shape index (κ2) is 7.71. The van der Waals surface area contributed by atoms with Gasteiger partial charge in [-0.25, -0.2) is 0 Å². The molecule has 0 fully saturated rings. The molecule has 0 saturated heterocycles. The van der Waals surface area contributed by atoms with Crippen LogP contribution in [0.1, 0.15) is 16.8 Å². The molecule has 1 heterocycles. The number of aromatic nitrogens is 1. The molecule has 2 rings (SSSR count). The molecule has 5 heteroatoms. The van der Waals surface area contributed by atoms with Crippen molar-refractivity contribution in [3.8, 4) is 0 Å². The van der Waals surface area contributed by atoms with Gasteiger partial charge in [0.1, 0.15) is 0 Å². The highest BCUT2D eigenvalue weighted by atomic mass is 16.5. The van der Waals surface area contributed by atoms with E-state index in [1.807, 2.05) is 30.3 Å². The average molecular weight is 287 g/mol. The molecule has 1 amide bonds. The van der Waals surface area contributed by atoms with Crippen LogP contribution in [0.3, 0.4) is 0 Å². The van der Waals surface area contributed by atoms with Gasteiger partial charge in [-0.3, -0.25) is 9.78 Å². The third-order valence-corrected chi connectivity index (χ3v) is 3.35. The molecule has 112 valence electrons. The van der Waals surface area contributed by atoms with E-state index in [0.29, 0.717) is 31.8 Å². The van der Waals surface area contributed by atoms with Gasteiger partial charge >= 0.3 is 0 Å². The number of hydrogen-bond donors (Lipinski definition) is 1. The Bertz CT molecular complexity index is 588. The minimum atomic E-state index is -0.0233. The molecule has 21 heavy (non-hydrogen) atoms. The van der Waals surface area contributed by atoms with Crippen molar-refractivity contribution in [1.29, 1.82) is 0 Å².